The van der Waals surface area contributed by atoms with Crippen LogP contribution in [0.15, 0.2) is 30.3 Å². The van der Waals surface area contributed by atoms with Crippen LogP contribution in [0.4, 0.5) is 0 Å². The smallest absolute Gasteiger partial charge is 0.0739 e. The van der Waals surface area contributed by atoms with E-state index in [0.717, 1.165) is 12.5 Å². The van der Waals surface area contributed by atoms with E-state index < -0.39 is 5.97 Å². The number of rotatable bonds is 22. The number of unbranched alkanes of at least 4 members (excludes halogenated alkanes) is 18. The van der Waals surface area contributed by atoms with Gasteiger partial charge in [-0.2, -0.15) is 0 Å². The number of aromatic carboxylic acids is 1. The van der Waals surface area contributed by atoms with E-state index >= 15 is 0 Å². The Kier molecular flexibility index (Phi) is 25.2. The Balaban J connectivity index is 0.000000999. The topological polar surface area (TPSA) is 67.8 Å². The van der Waals surface area contributed by atoms with Crippen LogP contribution in [0.2, 0.25) is 0 Å². The first-order valence-electron chi connectivity index (χ1n) is 14.6. The molecule has 0 unspecified atom stereocenters. The maximum Gasteiger partial charge on any atom is 0.0739 e. The normalized spacial score (nSPS) is 10.8. The Labute approximate surface area is 212 Å². The summed E-state index contributed by atoms with van der Waals surface area (Å²) < 4.78 is 0. The van der Waals surface area contributed by atoms with Crippen LogP contribution >= 0.6 is 0 Å². The van der Waals surface area contributed by atoms with Gasteiger partial charge >= 0.3 is 0 Å². The summed E-state index contributed by atoms with van der Waals surface area (Å²) >= 11 is 0. The molecule has 198 valence electrons. The number of carbonyl (C=O) groups excluding carboxylic acids is 1. The quantitative estimate of drug-likeness (QED) is 0.174. The average molecular weight is 476 g/mol. The molecule has 34 heavy (non-hydrogen) atoms. The van der Waals surface area contributed by atoms with Gasteiger partial charge in [0.2, 0.25) is 0 Å². The third-order valence-electron chi connectivity index (χ3n) is 6.54. The highest BCUT2D eigenvalue weighted by molar-refractivity contribution is 5.85. The van der Waals surface area contributed by atoms with Crippen LogP contribution in [0.25, 0.3) is 0 Å². The van der Waals surface area contributed by atoms with Gasteiger partial charge in [-0.3, -0.25) is 0 Å². The molecule has 0 radical (unpaired) electrons. The molecule has 0 saturated carbocycles. The van der Waals surface area contributed by atoms with Crippen LogP contribution in [0.3, 0.4) is 0 Å². The minimum absolute atomic E-state index is 0.220. The van der Waals surface area contributed by atoms with Gasteiger partial charge in [-0.15, -0.1) is 0 Å². The summed E-state index contributed by atoms with van der Waals surface area (Å²) in [6.45, 7) is 5.81. The highest BCUT2D eigenvalue weighted by Crippen LogP contribution is 2.15. The summed E-state index contributed by atoms with van der Waals surface area (Å²) in [5.41, 5.74) is 4.13. The molecule has 0 saturated heterocycles. The van der Waals surface area contributed by atoms with Crippen molar-refractivity contribution >= 4 is 5.97 Å². The lowest BCUT2D eigenvalue weighted by molar-refractivity contribution is -0.368. The van der Waals surface area contributed by atoms with Crippen molar-refractivity contribution in [2.24, 2.45) is 5.92 Å². The van der Waals surface area contributed by atoms with Crippen LogP contribution in [0.5, 0.6) is 0 Å². The molecule has 1 aromatic carbocycles. The predicted molar refractivity (Wildman–Crippen MR) is 146 cm³/mol. The Morgan fingerprint density at radius 2 is 0.941 bits per heavy atom. The molecule has 3 heteroatoms. The molecular weight excluding hydrogens is 418 g/mol. The van der Waals surface area contributed by atoms with E-state index in [1.807, 2.05) is 0 Å². The Morgan fingerprint density at radius 1 is 0.618 bits per heavy atom. The molecule has 0 aliphatic carbocycles. The second-order valence-electron chi connectivity index (χ2n) is 10.4. The van der Waals surface area contributed by atoms with E-state index in [1.165, 1.54) is 141 Å². The lowest BCUT2D eigenvalue weighted by atomic mass is 10.0. The number of hydrogen-bond donors (Lipinski definition) is 1. The maximum absolute atomic E-state index is 10.1. The van der Waals surface area contributed by atoms with E-state index in [4.69, 9.17) is 0 Å². The SMILES string of the molecule is CC(C)CCCCCCCCCCCCCCCCCCCCC[NH3+].O=C([O-])c1ccccc1. The molecular formula is C31H57NO2. The summed E-state index contributed by atoms with van der Waals surface area (Å²) in [6, 6.07) is 8.06. The van der Waals surface area contributed by atoms with Crippen molar-refractivity contribution in [3.63, 3.8) is 0 Å². The predicted octanol–water partition coefficient (Wildman–Crippen LogP) is 7.74. The highest BCUT2D eigenvalue weighted by Gasteiger charge is 1.96. The summed E-state index contributed by atoms with van der Waals surface area (Å²) in [7, 11) is 0. The standard InChI is InChI=1S/C24H51N.C7H6O2/c1-24(2)22-20-18-16-14-12-10-8-6-4-3-5-7-9-11-13-15-17-19-21-23-25;8-7(9)6-4-2-1-3-5-6/h24H,3-23,25H2,1-2H3;1-5H,(H,8,9). The molecule has 0 fully saturated rings. The van der Waals surface area contributed by atoms with E-state index in [0.29, 0.717) is 0 Å². The average Bonchev–Trinajstić information content (AvgIpc) is 2.83. The third-order valence-corrected chi connectivity index (χ3v) is 6.54. The molecule has 3 nitrogen and oxygen atoms in total. The van der Waals surface area contributed by atoms with Gasteiger partial charge in [0.05, 0.1) is 12.5 Å². The summed E-state index contributed by atoms with van der Waals surface area (Å²) in [6.07, 6.45) is 29.2. The van der Waals surface area contributed by atoms with Gasteiger partial charge in [-0.05, 0) is 24.3 Å². The largest absolute Gasteiger partial charge is 0.545 e. The highest BCUT2D eigenvalue weighted by atomic mass is 16.4. The molecule has 3 N–H and O–H groups in total. The lowest BCUT2D eigenvalue weighted by Gasteiger charge is -2.05. The monoisotopic (exact) mass is 475 g/mol. The van der Waals surface area contributed by atoms with E-state index in [1.54, 1.807) is 18.2 Å². The van der Waals surface area contributed by atoms with Gasteiger partial charge in [0.25, 0.3) is 0 Å². The van der Waals surface area contributed by atoms with Gasteiger partial charge in [-0.1, -0.05) is 160 Å². The number of hydrogen-bond acceptors (Lipinski definition) is 2. The minimum Gasteiger partial charge on any atom is -0.545 e. The fourth-order valence-electron chi connectivity index (χ4n) is 4.31. The van der Waals surface area contributed by atoms with E-state index in [-0.39, 0.29) is 5.56 Å². The summed E-state index contributed by atoms with van der Waals surface area (Å²) in [5, 5.41) is 10.1. The van der Waals surface area contributed by atoms with Crippen molar-refractivity contribution in [3.05, 3.63) is 35.9 Å². The van der Waals surface area contributed by atoms with Crippen molar-refractivity contribution < 1.29 is 15.6 Å². The first-order chi connectivity index (χ1) is 16.6. The van der Waals surface area contributed by atoms with Crippen molar-refractivity contribution in [3.8, 4) is 0 Å². The van der Waals surface area contributed by atoms with E-state index in [9.17, 15) is 9.90 Å². The molecule has 0 amide bonds. The van der Waals surface area contributed by atoms with Gasteiger partial charge in [0.1, 0.15) is 0 Å². The molecule has 0 aromatic heterocycles. The number of carboxylic acids is 1. The lowest BCUT2D eigenvalue weighted by Crippen LogP contribution is -2.50. The van der Waals surface area contributed by atoms with Crippen LogP contribution < -0.4 is 10.8 Å². The fourth-order valence-corrected chi connectivity index (χ4v) is 4.31. The van der Waals surface area contributed by atoms with Gasteiger partial charge in [0.15, 0.2) is 0 Å². The molecule has 0 aliphatic rings. The number of carboxylic acid groups (broad SMARTS) is 1. The summed E-state index contributed by atoms with van der Waals surface area (Å²) in [5.74, 6) is -0.232. The molecule has 1 rings (SSSR count). The van der Waals surface area contributed by atoms with Gasteiger partial charge in [0, 0.05) is 0 Å². The number of carbonyl (C=O) groups is 1. The van der Waals surface area contributed by atoms with Crippen LogP contribution in [0, 0.1) is 5.92 Å². The van der Waals surface area contributed by atoms with Crippen LogP contribution in [-0.2, 0) is 0 Å². The molecule has 0 bridgehead atoms. The molecule has 1 aromatic rings. The van der Waals surface area contributed by atoms with E-state index in [2.05, 4.69) is 19.6 Å². The number of quaternary nitrogens is 1. The molecule has 0 heterocycles. The Bertz CT molecular complexity index is 529. The van der Waals surface area contributed by atoms with Crippen molar-refractivity contribution in [1.82, 2.24) is 0 Å². The van der Waals surface area contributed by atoms with Crippen molar-refractivity contribution in [1.29, 1.82) is 0 Å². The third kappa shape index (κ3) is 25.3. The second kappa shape index (κ2) is 26.3. The second-order valence-corrected chi connectivity index (χ2v) is 10.4. The first-order valence-corrected chi connectivity index (χ1v) is 14.6. The molecule has 0 spiro atoms. The van der Waals surface area contributed by atoms with Gasteiger partial charge < -0.3 is 15.6 Å². The summed E-state index contributed by atoms with van der Waals surface area (Å²) in [4.78, 5) is 10.1. The molecule has 0 aliphatic heterocycles. The van der Waals surface area contributed by atoms with Crippen LogP contribution in [0.1, 0.15) is 153 Å². The van der Waals surface area contributed by atoms with Crippen molar-refractivity contribution in [2.75, 3.05) is 6.54 Å². The van der Waals surface area contributed by atoms with Crippen LogP contribution in [-0.4, -0.2) is 12.5 Å². The van der Waals surface area contributed by atoms with Gasteiger partial charge in [-0.25, -0.2) is 0 Å². The molecule has 0 atom stereocenters. The fraction of sp³-hybridized carbons (Fsp3) is 0.774. The zero-order valence-corrected chi connectivity index (χ0v) is 22.8. The zero-order chi connectivity index (χ0) is 25.1. The number of benzene rings is 1. The van der Waals surface area contributed by atoms with Crippen molar-refractivity contribution in [2.45, 2.75) is 142 Å². The minimum atomic E-state index is -1.13. The Hall–Kier alpha value is -1.35. The first kappa shape index (κ1) is 32.7. The zero-order valence-electron chi connectivity index (χ0n) is 22.8. The maximum atomic E-state index is 10.1. The Morgan fingerprint density at radius 3 is 1.21 bits per heavy atom.